The van der Waals surface area contributed by atoms with Crippen LogP contribution in [0.25, 0.3) is 0 Å². The van der Waals surface area contributed by atoms with Crippen molar-refractivity contribution >= 4 is 0 Å². The molecule has 1 rings (SSSR count). The third-order valence-electron chi connectivity index (χ3n) is 3.01. The zero-order valence-electron chi connectivity index (χ0n) is 10.7. The smallest absolute Gasteiger partial charge is 0.0766 e. The highest BCUT2D eigenvalue weighted by Gasteiger charge is 2.23. The van der Waals surface area contributed by atoms with Gasteiger partial charge in [0.15, 0.2) is 0 Å². The van der Waals surface area contributed by atoms with Crippen molar-refractivity contribution < 1.29 is 5.11 Å². The van der Waals surface area contributed by atoms with Crippen molar-refractivity contribution in [3.05, 3.63) is 18.0 Å². The van der Waals surface area contributed by atoms with Crippen molar-refractivity contribution in [1.29, 1.82) is 0 Å². The van der Waals surface area contributed by atoms with Gasteiger partial charge in [0, 0.05) is 19.3 Å². The topological polar surface area (TPSA) is 50.1 Å². The number of hydrogen-bond donors (Lipinski definition) is 2. The van der Waals surface area contributed by atoms with E-state index in [0.29, 0.717) is 6.54 Å². The first-order chi connectivity index (χ1) is 7.42. The normalized spacial score (nSPS) is 15.4. The maximum absolute atomic E-state index is 10.0. The molecule has 0 radical (unpaired) electrons. The summed E-state index contributed by atoms with van der Waals surface area (Å²) in [6, 6.07) is 0. The van der Waals surface area contributed by atoms with Crippen LogP contribution in [0.5, 0.6) is 0 Å². The number of aromatic nitrogens is 2. The molecule has 0 amide bonds. The fourth-order valence-electron chi connectivity index (χ4n) is 1.33. The van der Waals surface area contributed by atoms with Gasteiger partial charge < -0.3 is 10.4 Å². The molecule has 2 N–H and O–H groups in total. The van der Waals surface area contributed by atoms with Gasteiger partial charge in [0.2, 0.25) is 0 Å². The quantitative estimate of drug-likeness (QED) is 0.715. The monoisotopic (exact) mass is 225 g/mol. The third-order valence-corrected chi connectivity index (χ3v) is 3.01. The summed E-state index contributed by atoms with van der Waals surface area (Å²) in [5.41, 5.74) is 0.536. The van der Waals surface area contributed by atoms with E-state index in [1.807, 2.05) is 44.8 Å². The molecule has 0 aromatic carbocycles. The average Bonchev–Trinajstić information content (AvgIpc) is 2.59. The minimum Gasteiger partial charge on any atom is -0.389 e. The first kappa shape index (κ1) is 13.2. The second kappa shape index (κ2) is 5.46. The van der Waals surface area contributed by atoms with Gasteiger partial charge in [-0.25, -0.2) is 0 Å². The summed E-state index contributed by atoms with van der Waals surface area (Å²) >= 11 is 0. The van der Waals surface area contributed by atoms with E-state index < -0.39 is 5.60 Å². The van der Waals surface area contributed by atoms with Crippen LogP contribution in [0.2, 0.25) is 0 Å². The van der Waals surface area contributed by atoms with E-state index in [4.69, 9.17) is 0 Å². The molecule has 0 fully saturated rings. The van der Waals surface area contributed by atoms with E-state index >= 15 is 0 Å². The van der Waals surface area contributed by atoms with Crippen molar-refractivity contribution in [1.82, 2.24) is 15.1 Å². The molecule has 0 aliphatic heterocycles. The lowest BCUT2D eigenvalue weighted by Gasteiger charge is -2.27. The molecule has 1 aromatic rings. The molecule has 1 atom stereocenters. The fourth-order valence-corrected chi connectivity index (χ4v) is 1.33. The highest BCUT2D eigenvalue weighted by molar-refractivity contribution is 4.99. The maximum atomic E-state index is 10.0. The van der Waals surface area contributed by atoms with E-state index in [2.05, 4.69) is 10.4 Å². The Morgan fingerprint density at radius 2 is 2.25 bits per heavy atom. The van der Waals surface area contributed by atoms with Crippen molar-refractivity contribution in [3.63, 3.8) is 0 Å². The molecule has 1 unspecified atom stereocenters. The third kappa shape index (κ3) is 3.94. The predicted molar refractivity (Wildman–Crippen MR) is 65.3 cm³/mol. The van der Waals surface area contributed by atoms with Crippen LogP contribution in [-0.4, -0.2) is 33.6 Å². The van der Waals surface area contributed by atoms with Gasteiger partial charge in [-0.1, -0.05) is 13.8 Å². The Balaban J connectivity index is 2.22. The highest BCUT2D eigenvalue weighted by Crippen LogP contribution is 2.14. The molecule has 0 spiro atoms. The largest absolute Gasteiger partial charge is 0.389 e. The van der Waals surface area contributed by atoms with Gasteiger partial charge in [-0.15, -0.1) is 0 Å². The Morgan fingerprint density at radius 1 is 1.56 bits per heavy atom. The lowest BCUT2D eigenvalue weighted by atomic mass is 9.93. The first-order valence-electron chi connectivity index (χ1n) is 5.84. The van der Waals surface area contributed by atoms with Crippen molar-refractivity contribution in [2.45, 2.75) is 39.8 Å². The van der Waals surface area contributed by atoms with Gasteiger partial charge in [-0.3, -0.25) is 4.68 Å². The summed E-state index contributed by atoms with van der Waals surface area (Å²) in [7, 11) is 0. The Labute approximate surface area is 97.7 Å². The zero-order valence-corrected chi connectivity index (χ0v) is 10.7. The fraction of sp³-hybridized carbons (Fsp3) is 0.750. The molecule has 1 heterocycles. The molecule has 0 aliphatic carbocycles. The summed E-state index contributed by atoms with van der Waals surface area (Å²) < 4.78 is 1.91. The van der Waals surface area contributed by atoms with Crippen molar-refractivity contribution in [3.8, 4) is 0 Å². The van der Waals surface area contributed by atoms with Crippen LogP contribution >= 0.6 is 0 Å². The van der Waals surface area contributed by atoms with Gasteiger partial charge in [-0.05, 0) is 25.3 Å². The van der Waals surface area contributed by atoms with Gasteiger partial charge >= 0.3 is 0 Å². The standard InChI is InChI=1S/C12H23N3O/c1-10(2)12(4,16)9-13-5-6-15-8-11(3)7-14-15/h7-8,10,13,16H,5-6,9H2,1-4H3. The van der Waals surface area contributed by atoms with Crippen LogP contribution in [0, 0.1) is 12.8 Å². The SMILES string of the molecule is Cc1cnn(CCNCC(C)(O)C(C)C)c1. The summed E-state index contributed by atoms with van der Waals surface area (Å²) in [6.45, 7) is 10.2. The number of aryl methyl sites for hydroxylation is 1. The number of aliphatic hydroxyl groups is 1. The second-order valence-electron chi connectivity index (χ2n) is 4.97. The molecule has 0 aliphatic rings. The Hall–Kier alpha value is -0.870. The Morgan fingerprint density at radius 3 is 2.75 bits per heavy atom. The van der Waals surface area contributed by atoms with E-state index in [1.165, 1.54) is 5.56 Å². The molecular formula is C12H23N3O. The van der Waals surface area contributed by atoms with Gasteiger partial charge in [0.05, 0.1) is 18.3 Å². The molecular weight excluding hydrogens is 202 g/mol. The van der Waals surface area contributed by atoms with Crippen molar-refractivity contribution in [2.75, 3.05) is 13.1 Å². The maximum Gasteiger partial charge on any atom is 0.0766 e. The molecule has 4 nitrogen and oxygen atoms in total. The van der Waals surface area contributed by atoms with Gasteiger partial charge in [-0.2, -0.15) is 5.10 Å². The van der Waals surface area contributed by atoms with Crippen LogP contribution in [-0.2, 0) is 6.54 Å². The number of hydrogen-bond acceptors (Lipinski definition) is 3. The molecule has 0 bridgehead atoms. The summed E-state index contributed by atoms with van der Waals surface area (Å²) in [5.74, 6) is 0.256. The molecule has 0 saturated carbocycles. The molecule has 16 heavy (non-hydrogen) atoms. The van der Waals surface area contributed by atoms with Gasteiger partial charge in [0.25, 0.3) is 0 Å². The van der Waals surface area contributed by atoms with Crippen LogP contribution in [0.4, 0.5) is 0 Å². The number of nitrogens with zero attached hydrogens (tertiary/aromatic N) is 2. The van der Waals surface area contributed by atoms with E-state index in [0.717, 1.165) is 13.1 Å². The predicted octanol–water partition coefficient (Wildman–Crippen LogP) is 1.19. The summed E-state index contributed by atoms with van der Waals surface area (Å²) in [4.78, 5) is 0. The van der Waals surface area contributed by atoms with E-state index in [1.54, 1.807) is 0 Å². The van der Waals surface area contributed by atoms with Crippen LogP contribution in [0.1, 0.15) is 26.3 Å². The Bertz CT molecular complexity index is 318. The summed E-state index contributed by atoms with van der Waals surface area (Å²) in [6.07, 6.45) is 3.87. The molecule has 1 aromatic heterocycles. The lowest BCUT2D eigenvalue weighted by Crippen LogP contribution is -2.43. The second-order valence-corrected chi connectivity index (χ2v) is 4.97. The molecule has 0 saturated heterocycles. The number of rotatable bonds is 6. The van der Waals surface area contributed by atoms with E-state index in [-0.39, 0.29) is 5.92 Å². The van der Waals surface area contributed by atoms with Gasteiger partial charge in [0.1, 0.15) is 0 Å². The minimum absolute atomic E-state index is 0.256. The Kier molecular flexibility index (Phi) is 4.50. The van der Waals surface area contributed by atoms with Crippen LogP contribution in [0.3, 0.4) is 0 Å². The zero-order chi connectivity index (χ0) is 12.2. The molecule has 92 valence electrons. The van der Waals surface area contributed by atoms with E-state index in [9.17, 15) is 5.11 Å². The van der Waals surface area contributed by atoms with Crippen molar-refractivity contribution in [2.24, 2.45) is 5.92 Å². The molecule has 4 heteroatoms. The highest BCUT2D eigenvalue weighted by atomic mass is 16.3. The average molecular weight is 225 g/mol. The van der Waals surface area contributed by atoms with Crippen LogP contribution in [0.15, 0.2) is 12.4 Å². The van der Waals surface area contributed by atoms with Crippen LogP contribution < -0.4 is 5.32 Å². The first-order valence-corrected chi connectivity index (χ1v) is 5.84. The lowest BCUT2D eigenvalue weighted by molar-refractivity contribution is 0.0142. The summed E-state index contributed by atoms with van der Waals surface area (Å²) in [5, 5.41) is 17.5. The number of nitrogens with one attached hydrogen (secondary N) is 1. The minimum atomic E-state index is -0.639.